The Morgan fingerprint density at radius 2 is 1.68 bits per heavy atom. The molecule has 31 heavy (non-hydrogen) atoms. The number of nitrogens with zero attached hydrogens (tertiary/aromatic N) is 5. The molecule has 0 spiro atoms. The quantitative estimate of drug-likeness (QED) is 0.271. The Morgan fingerprint density at radius 1 is 1.00 bits per heavy atom. The fourth-order valence-corrected chi connectivity index (χ4v) is 2.28. The van der Waals surface area contributed by atoms with Crippen molar-refractivity contribution in [1.29, 1.82) is 0 Å². The number of aromatic nitrogens is 5. The largest absolute Gasteiger partial charge is 0.416 e. The number of rotatable bonds is 5. The lowest BCUT2D eigenvalue weighted by molar-refractivity contribution is -0.533. The molecule has 0 radical (unpaired) electrons. The van der Waals surface area contributed by atoms with E-state index in [-0.39, 0.29) is 11.9 Å². The van der Waals surface area contributed by atoms with Gasteiger partial charge in [0.15, 0.2) is 11.6 Å². The van der Waals surface area contributed by atoms with Crippen molar-refractivity contribution >= 4 is 17.9 Å². The molecule has 1 aromatic carbocycles. The van der Waals surface area contributed by atoms with Crippen LogP contribution >= 0.6 is 0 Å². The minimum atomic E-state index is -4.99. The van der Waals surface area contributed by atoms with Crippen LogP contribution in [0.25, 0.3) is 17.6 Å². The summed E-state index contributed by atoms with van der Waals surface area (Å²) in [5.74, 6) is -0.589. The Kier molecular flexibility index (Phi) is 6.01. The molecule has 3 N–H and O–H groups in total. The molecule has 2 heterocycles. The second kappa shape index (κ2) is 8.51. The summed E-state index contributed by atoms with van der Waals surface area (Å²) in [7, 11) is 0. The van der Waals surface area contributed by atoms with Crippen LogP contribution in [0.2, 0.25) is 0 Å². The average molecular weight is 444 g/mol. The molecular formula is C17H12F6N7O+. The van der Waals surface area contributed by atoms with Gasteiger partial charge in [-0.25, -0.2) is 24.9 Å². The average Bonchev–Trinajstić information content (AvgIpc) is 3.19. The first-order chi connectivity index (χ1) is 14.5. The number of benzene rings is 1. The number of primary amides is 1. The molecule has 0 aliphatic carbocycles. The molecule has 3 aromatic rings. The van der Waals surface area contributed by atoms with Crippen LogP contribution in [0.15, 0.2) is 49.2 Å². The van der Waals surface area contributed by atoms with Crippen molar-refractivity contribution in [3.63, 3.8) is 0 Å². The van der Waals surface area contributed by atoms with E-state index >= 15 is 0 Å². The van der Waals surface area contributed by atoms with Crippen LogP contribution in [0.4, 0.5) is 32.2 Å². The molecule has 162 valence electrons. The molecule has 14 heteroatoms. The van der Waals surface area contributed by atoms with Crippen LogP contribution in [0, 0.1) is 0 Å². The third-order valence-electron chi connectivity index (χ3n) is 3.67. The van der Waals surface area contributed by atoms with Gasteiger partial charge in [0.05, 0.1) is 23.4 Å². The molecule has 2 aromatic heterocycles. The molecule has 0 unspecified atom stereocenters. The zero-order chi connectivity index (χ0) is 22.6. The van der Waals surface area contributed by atoms with Crippen LogP contribution < -0.4 is 10.9 Å². The maximum Gasteiger partial charge on any atom is 0.416 e. The lowest BCUT2D eigenvalue weighted by atomic mass is 10.0. The van der Waals surface area contributed by atoms with Crippen LogP contribution in [-0.2, 0) is 17.1 Å². The number of nitrogens with one attached hydrogen (secondary N) is 1. The zero-order valence-corrected chi connectivity index (χ0v) is 15.2. The Labute approximate surface area is 169 Å². The van der Waals surface area contributed by atoms with E-state index in [1.807, 2.05) is 0 Å². The standard InChI is InChI=1S/C17H11F6N7O/c18-16(19,20)11-5-10(6-12(7-11)17(21,22)23)15-26-9-30(29-15)4-1-14(31)28-27-13-8-24-2-3-25-13/h1-9H,(H,25,27)(H,28,31)/p+1/b4-1-. The summed E-state index contributed by atoms with van der Waals surface area (Å²) >= 11 is 0. The van der Waals surface area contributed by atoms with Crippen LogP contribution in [-0.4, -0.2) is 30.6 Å². The molecule has 0 fully saturated rings. The highest BCUT2D eigenvalue weighted by molar-refractivity contribution is 5.82. The van der Waals surface area contributed by atoms with Crippen molar-refractivity contribution in [2.75, 3.05) is 5.43 Å². The van der Waals surface area contributed by atoms with Crippen molar-refractivity contribution in [2.45, 2.75) is 12.4 Å². The molecule has 0 saturated heterocycles. The van der Waals surface area contributed by atoms with Crippen molar-refractivity contribution in [3.05, 3.63) is 60.3 Å². The van der Waals surface area contributed by atoms with Gasteiger partial charge in [0.25, 0.3) is 0 Å². The van der Waals surface area contributed by atoms with Crippen molar-refractivity contribution in [3.8, 4) is 11.4 Å². The Bertz CT molecular complexity index is 1060. The fourth-order valence-electron chi connectivity index (χ4n) is 2.28. The number of hydrogen-bond acceptors (Lipinski definition) is 6. The lowest BCUT2D eigenvalue weighted by Crippen LogP contribution is -2.91. The van der Waals surface area contributed by atoms with E-state index in [1.165, 1.54) is 18.6 Å². The minimum Gasteiger partial charge on any atom is -0.259 e. The number of amides is 1. The Morgan fingerprint density at radius 3 is 2.26 bits per heavy atom. The van der Waals surface area contributed by atoms with Gasteiger partial charge in [-0.2, -0.15) is 31.8 Å². The van der Waals surface area contributed by atoms with Gasteiger partial charge < -0.3 is 0 Å². The predicted molar refractivity (Wildman–Crippen MR) is 93.4 cm³/mol. The van der Waals surface area contributed by atoms with Gasteiger partial charge in [-0.15, -0.1) is 5.10 Å². The van der Waals surface area contributed by atoms with Crippen LogP contribution in [0.3, 0.4) is 0 Å². The molecule has 0 bridgehead atoms. The van der Waals surface area contributed by atoms with Gasteiger partial charge in [0, 0.05) is 24.2 Å². The maximum absolute atomic E-state index is 13.0. The van der Waals surface area contributed by atoms with E-state index in [4.69, 9.17) is 0 Å². The van der Waals surface area contributed by atoms with Crippen LogP contribution in [0.5, 0.6) is 0 Å². The molecule has 0 aliphatic heterocycles. The van der Waals surface area contributed by atoms with Gasteiger partial charge in [-0.3, -0.25) is 4.98 Å². The summed E-state index contributed by atoms with van der Waals surface area (Å²) in [5, 5.41) is 3.79. The summed E-state index contributed by atoms with van der Waals surface area (Å²) in [6.45, 7) is 0. The number of nitrogen functional groups attached to an aromatic ring is 1. The molecule has 0 aliphatic rings. The molecule has 1 amide bonds. The third-order valence-corrected chi connectivity index (χ3v) is 3.67. The highest BCUT2D eigenvalue weighted by Crippen LogP contribution is 2.37. The molecular weight excluding hydrogens is 432 g/mol. The monoisotopic (exact) mass is 444 g/mol. The second-order valence-corrected chi connectivity index (χ2v) is 5.94. The third kappa shape index (κ3) is 5.85. The second-order valence-electron chi connectivity index (χ2n) is 5.94. The van der Waals surface area contributed by atoms with Gasteiger partial charge in [0.1, 0.15) is 6.33 Å². The molecule has 3 rings (SSSR count). The van der Waals surface area contributed by atoms with E-state index in [2.05, 4.69) is 25.5 Å². The Hall–Kier alpha value is -3.81. The smallest absolute Gasteiger partial charge is 0.259 e. The van der Waals surface area contributed by atoms with Gasteiger partial charge in [-0.05, 0) is 18.2 Å². The highest BCUT2D eigenvalue weighted by Gasteiger charge is 2.37. The first-order valence-electron chi connectivity index (χ1n) is 8.31. The normalized spacial score (nSPS) is 12.3. The van der Waals surface area contributed by atoms with Crippen molar-refractivity contribution in [1.82, 2.24) is 24.7 Å². The molecule has 8 nitrogen and oxygen atoms in total. The number of quaternary nitrogens is 1. The van der Waals surface area contributed by atoms with Crippen molar-refractivity contribution < 1.29 is 36.6 Å². The van der Waals surface area contributed by atoms with Gasteiger partial charge in [-0.1, -0.05) is 0 Å². The number of carbonyl (C=O) groups is 1. The number of hydrogen-bond donors (Lipinski definition) is 2. The van der Waals surface area contributed by atoms with Gasteiger partial charge >= 0.3 is 18.3 Å². The lowest BCUT2D eigenvalue weighted by Gasteiger charge is -2.13. The van der Waals surface area contributed by atoms with E-state index in [0.717, 1.165) is 28.7 Å². The number of alkyl halides is 6. The van der Waals surface area contributed by atoms with E-state index in [9.17, 15) is 31.1 Å². The summed E-state index contributed by atoms with van der Waals surface area (Å²) in [5.41, 5.74) is 0.225. The number of halogens is 6. The zero-order valence-electron chi connectivity index (χ0n) is 15.2. The maximum atomic E-state index is 13.0. The highest BCUT2D eigenvalue weighted by atomic mass is 19.4. The fraction of sp³-hybridized carbons (Fsp3) is 0.118. The van der Waals surface area contributed by atoms with Gasteiger partial charge in [0.2, 0.25) is 0 Å². The summed E-state index contributed by atoms with van der Waals surface area (Å²) in [6.07, 6.45) is -2.54. The summed E-state index contributed by atoms with van der Waals surface area (Å²) < 4.78 is 78.9. The number of carbonyl (C=O) groups excluding carboxylic acids is 1. The predicted octanol–water partition coefficient (Wildman–Crippen LogP) is 2.36. The topological polar surface area (TPSA) is 102 Å². The van der Waals surface area contributed by atoms with E-state index < -0.39 is 35.0 Å². The number of anilines is 1. The molecule has 0 saturated carbocycles. The molecule has 0 atom stereocenters. The summed E-state index contributed by atoms with van der Waals surface area (Å²) in [6, 6.07) is 1.05. The first kappa shape index (κ1) is 21.9. The van der Waals surface area contributed by atoms with E-state index in [1.54, 1.807) is 0 Å². The minimum absolute atomic E-state index is 0.0129. The SMILES string of the molecule is O=C(/C=C\n1cnc(-c2cc(C(F)(F)F)cc(C(F)(F)F)c2)n1)[NH2+]Nc1cnccn1. The first-order valence-corrected chi connectivity index (χ1v) is 8.31. The van der Waals surface area contributed by atoms with E-state index in [0.29, 0.717) is 18.0 Å². The number of nitrogens with two attached hydrogens (primary N) is 1. The summed E-state index contributed by atoms with van der Waals surface area (Å²) in [4.78, 5) is 23.2. The van der Waals surface area contributed by atoms with Crippen molar-refractivity contribution in [2.24, 2.45) is 0 Å². The Balaban J connectivity index is 1.77. The van der Waals surface area contributed by atoms with Crippen LogP contribution in [0.1, 0.15) is 11.1 Å².